The van der Waals surface area contributed by atoms with Crippen LogP contribution < -0.4 is 10.6 Å². The molecule has 1 unspecified atom stereocenters. The average Bonchev–Trinajstić information content (AvgIpc) is 2.45. The number of aliphatic imine (C=N–C) groups is 1. The maximum atomic E-state index is 6.04. The molecule has 7 heteroatoms. The molecule has 0 saturated carbocycles. The molecule has 1 aromatic heterocycles. The number of hydrogen-bond donors (Lipinski definition) is 1. The largest absolute Gasteiger partial charge is 0.375 e. The minimum absolute atomic E-state index is 0. The van der Waals surface area contributed by atoms with Crippen LogP contribution >= 0.6 is 24.0 Å². The lowest BCUT2D eigenvalue weighted by atomic mass is 10.3. The van der Waals surface area contributed by atoms with Gasteiger partial charge in [-0.05, 0) is 19.1 Å². The number of nitrogens with two attached hydrogens (primary N) is 1. The van der Waals surface area contributed by atoms with E-state index in [1.165, 1.54) is 0 Å². The molecular formula is C14H24IN5O. The predicted molar refractivity (Wildman–Crippen MR) is 96.3 cm³/mol. The number of nitrogens with zero attached hydrogens (tertiary/aromatic N) is 4. The number of anilines is 1. The van der Waals surface area contributed by atoms with Crippen molar-refractivity contribution in [3.63, 3.8) is 0 Å². The Labute approximate surface area is 143 Å². The van der Waals surface area contributed by atoms with Crippen molar-refractivity contribution in [2.24, 2.45) is 10.7 Å². The first-order valence-corrected chi connectivity index (χ1v) is 6.86. The minimum atomic E-state index is 0. The summed E-state index contributed by atoms with van der Waals surface area (Å²) in [6, 6.07) is 5.92. The van der Waals surface area contributed by atoms with E-state index in [9.17, 15) is 0 Å². The van der Waals surface area contributed by atoms with Crippen LogP contribution in [0.4, 0.5) is 5.82 Å². The first-order valence-electron chi connectivity index (χ1n) is 6.86. The van der Waals surface area contributed by atoms with Crippen LogP contribution in [0.2, 0.25) is 0 Å². The number of rotatable bonds is 3. The number of ether oxygens (including phenoxy) is 1. The summed E-state index contributed by atoms with van der Waals surface area (Å²) < 4.78 is 5.49. The molecule has 0 aromatic carbocycles. The summed E-state index contributed by atoms with van der Waals surface area (Å²) in [4.78, 5) is 13.0. The highest BCUT2D eigenvalue weighted by molar-refractivity contribution is 14.0. The lowest BCUT2D eigenvalue weighted by molar-refractivity contribution is 0.00528. The SMILES string of the molecule is CC1CN(C(N)=NCc2cccc(N(C)C)n2)CCO1.I. The zero-order valence-corrected chi connectivity index (χ0v) is 15.2. The second-order valence-electron chi connectivity index (χ2n) is 5.18. The molecule has 0 amide bonds. The molecule has 1 aromatic rings. The van der Waals surface area contributed by atoms with Crippen molar-refractivity contribution in [3.8, 4) is 0 Å². The molecule has 118 valence electrons. The zero-order chi connectivity index (χ0) is 14.5. The quantitative estimate of drug-likeness (QED) is 0.467. The van der Waals surface area contributed by atoms with Crippen molar-refractivity contribution >= 4 is 35.8 Å². The topological polar surface area (TPSA) is 67.0 Å². The van der Waals surface area contributed by atoms with Gasteiger partial charge in [0, 0.05) is 27.2 Å². The van der Waals surface area contributed by atoms with Crippen molar-refractivity contribution in [1.29, 1.82) is 0 Å². The van der Waals surface area contributed by atoms with Crippen LogP contribution in [-0.4, -0.2) is 55.7 Å². The highest BCUT2D eigenvalue weighted by Crippen LogP contribution is 2.09. The van der Waals surface area contributed by atoms with Crippen molar-refractivity contribution in [2.45, 2.75) is 19.6 Å². The van der Waals surface area contributed by atoms with Crippen molar-refractivity contribution in [1.82, 2.24) is 9.88 Å². The third-order valence-electron chi connectivity index (χ3n) is 3.22. The number of halogens is 1. The Kier molecular flexibility index (Phi) is 7.16. The third-order valence-corrected chi connectivity index (χ3v) is 3.22. The van der Waals surface area contributed by atoms with Gasteiger partial charge in [-0.1, -0.05) is 6.07 Å². The van der Waals surface area contributed by atoms with E-state index >= 15 is 0 Å². The first kappa shape index (κ1) is 18.0. The molecule has 0 bridgehead atoms. The Morgan fingerprint density at radius 1 is 1.52 bits per heavy atom. The van der Waals surface area contributed by atoms with E-state index in [2.05, 4.69) is 14.9 Å². The summed E-state index contributed by atoms with van der Waals surface area (Å²) in [5.41, 5.74) is 6.96. The maximum Gasteiger partial charge on any atom is 0.191 e. The Morgan fingerprint density at radius 2 is 2.29 bits per heavy atom. The molecule has 21 heavy (non-hydrogen) atoms. The van der Waals surface area contributed by atoms with Gasteiger partial charge in [0.2, 0.25) is 0 Å². The van der Waals surface area contributed by atoms with E-state index < -0.39 is 0 Å². The number of hydrogen-bond acceptors (Lipinski definition) is 4. The smallest absolute Gasteiger partial charge is 0.191 e. The van der Waals surface area contributed by atoms with Crippen molar-refractivity contribution in [3.05, 3.63) is 23.9 Å². The van der Waals surface area contributed by atoms with Gasteiger partial charge in [0.1, 0.15) is 5.82 Å². The average molecular weight is 405 g/mol. The standard InChI is InChI=1S/C14H23N5O.HI/c1-11-10-19(7-8-20-11)14(15)16-9-12-5-4-6-13(17-12)18(2)3;/h4-6,11H,7-10H2,1-3H3,(H2,15,16);1H. The van der Waals surface area contributed by atoms with Crippen LogP contribution in [0.1, 0.15) is 12.6 Å². The molecule has 2 heterocycles. The summed E-state index contributed by atoms with van der Waals surface area (Å²) in [6.07, 6.45) is 0.202. The third kappa shape index (κ3) is 5.31. The fraction of sp³-hybridized carbons (Fsp3) is 0.571. The maximum absolute atomic E-state index is 6.04. The summed E-state index contributed by atoms with van der Waals surface area (Å²) >= 11 is 0. The molecule has 0 radical (unpaired) electrons. The second-order valence-corrected chi connectivity index (χ2v) is 5.18. The van der Waals surface area contributed by atoms with Crippen LogP contribution in [-0.2, 0) is 11.3 Å². The molecule has 2 N–H and O–H groups in total. The first-order chi connectivity index (χ1) is 9.56. The molecule has 0 spiro atoms. The van der Waals surface area contributed by atoms with Gasteiger partial charge in [-0.2, -0.15) is 0 Å². The monoisotopic (exact) mass is 405 g/mol. The lowest BCUT2D eigenvalue weighted by Crippen LogP contribution is -2.47. The van der Waals surface area contributed by atoms with Gasteiger partial charge in [-0.25, -0.2) is 9.98 Å². The fourth-order valence-electron chi connectivity index (χ4n) is 2.09. The summed E-state index contributed by atoms with van der Waals surface area (Å²) in [7, 11) is 3.94. The van der Waals surface area contributed by atoms with Gasteiger partial charge < -0.3 is 20.3 Å². The summed E-state index contributed by atoms with van der Waals surface area (Å²) in [5, 5.41) is 0. The van der Waals surface area contributed by atoms with E-state index in [-0.39, 0.29) is 30.1 Å². The Bertz CT molecular complexity index is 480. The highest BCUT2D eigenvalue weighted by Gasteiger charge is 2.17. The molecule has 2 rings (SSSR count). The van der Waals surface area contributed by atoms with Gasteiger partial charge in [-0.15, -0.1) is 24.0 Å². The second kappa shape index (κ2) is 8.38. The molecule has 1 fully saturated rings. The van der Waals surface area contributed by atoms with E-state index in [4.69, 9.17) is 10.5 Å². The van der Waals surface area contributed by atoms with Crippen LogP contribution in [0, 0.1) is 0 Å². The number of aromatic nitrogens is 1. The highest BCUT2D eigenvalue weighted by atomic mass is 127. The Morgan fingerprint density at radius 3 is 2.95 bits per heavy atom. The summed E-state index contributed by atoms with van der Waals surface area (Å²) in [6.45, 7) is 4.83. The molecule has 1 aliphatic heterocycles. The lowest BCUT2D eigenvalue weighted by Gasteiger charge is -2.31. The number of guanidine groups is 1. The molecule has 0 aliphatic carbocycles. The van der Waals surface area contributed by atoms with Gasteiger partial charge >= 0.3 is 0 Å². The molecule has 1 atom stereocenters. The van der Waals surface area contributed by atoms with Gasteiger partial charge in [0.25, 0.3) is 0 Å². The van der Waals surface area contributed by atoms with E-state index in [0.717, 1.165) is 24.6 Å². The fourth-order valence-corrected chi connectivity index (χ4v) is 2.09. The van der Waals surface area contributed by atoms with Crippen LogP contribution in [0.5, 0.6) is 0 Å². The van der Waals surface area contributed by atoms with Crippen LogP contribution in [0.15, 0.2) is 23.2 Å². The van der Waals surface area contributed by atoms with Gasteiger partial charge in [0.05, 0.1) is 24.9 Å². The van der Waals surface area contributed by atoms with Gasteiger partial charge in [-0.3, -0.25) is 0 Å². The van der Waals surface area contributed by atoms with Gasteiger partial charge in [0.15, 0.2) is 5.96 Å². The minimum Gasteiger partial charge on any atom is -0.375 e. The number of pyridine rings is 1. The van der Waals surface area contributed by atoms with Crippen molar-refractivity contribution < 1.29 is 4.74 Å². The van der Waals surface area contributed by atoms with E-state index in [0.29, 0.717) is 19.1 Å². The molecule has 6 nitrogen and oxygen atoms in total. The normalized spacial score (nSPS) is 19.1. The number of morpholine rings is 1. The van der Waals surface area contributed by atoms with Crippen LogP contribution in [0.3, 0.4) is 0 Å². The van der Waals surface area contributed by atoms with E-state index in [1.54, 1.807) is 0 Å². The summed E-state index contributed by atoms with van der Waals surface area (Å²) in [5.74, 6) is 1.49. The van der Waals surface area contributed by atoms with Crippen molar-refractivity contribution in [2.75, 3.05) is 38.7 Å². The van der Waals surface area contributed by atoms with E-state index in [1.807, 2.05) is 44.1 Å². The zero-order valence-electron chi connectivity index (χ0n) is 12.8. The molecular weight excluding hydrogens is 381 g/mol. The van der Waals surface area contributed by atoms with Crippen LogP contribution in [0.25, 0.3) is 0 Å². The predicted octanol–water partition coefficient (Wildman–Crippen LogP) is 1.30. The Hall–Kier alpha value is -1.09. The molecule has 1 saturated heterocycles. The molecule has 1 aliphatic rings. The Balaban J connectivity index is 0.00000220.